The molecule has 1 fully saturated rings. The summed E-state index contributed by atoms with van der Waals surface area (Å²) in [6.07, 6.45) is 1.51. The fraction of sp³-hybridized carbons (Fsp3) is 0.238. The summed E-state index contributed by atoms with van der Waals surface area (Å²) in [6.45, 7) is 5.11. The highest BCUT2D eigenvalue weighted by atomic mass is 16.5. The number of aromatic nitrogens is 1. The lowest BCUT2D eigenvalue weighted by Crippen LogP contribution is -2.52. The number of ether oxygens (including phenoxy) is 1. The number of barbiturate groups is 1. The van der Waals surface area contributed by atoms with E-state index in [4.69, 9.17) is 4.74 Å². The summed E-state index contributed by atoms with van der Waals surface area (Å²) < 4.78 is 7.01. The molecule has 150 valence electrons. The molecule has 1 aromatic heterocycles. The molecule has 0 atom stereocenters. The third-order valence-corrected chi connectivity index (χ3v) is 4.77. The van der Waals surface area contributed by atoms with E-state index in [1.165, 1.54) is 27.1 Å². The summed E-state index contributed by atoms with van der Waals surface area (Å²) in [7, 11) is 2.69. The SMILES string of the molecule is CC(=O)Oc1ccc(-n2c(C)cc(C=C3C(=O)N(C)C(=O)N(C)C3=O)c2C)cc1. The van der Waals surface area contributed by atoms with E-state index in [0.29, 0.717) is 11.3 Å². The largest absolute Gasteiger partial charge is 0.427 e. The van der Waals surface area contributed by atoms with Crippen LogP contribution >= 0.6 is 0 Å². The van der Waals surface area contributed by atoms with Crippen LogP contribution in [0.2, 0.25) is 0 Å². The fourth-order valence-corrected chi connectivity index (χ4v) is 3.29. The first kappa shape index (κ1) is 20.1. The van der Waals surface area contributed by atoms with Crippen LogP contribution in [0.25, 0.3) is 11.8 Å². The lowest BCUT2D eigenvalue weighted by Gasteiger charge is -2.28. The summed E-state index contributed by atoms with van der Waals surface area (Å²) in [5, 5.41) is 0. The van der Waals surface area contributed by atoms with Gasteiger partial charge in [0.25, 0.3) is 11.8 Å². The lowest BCUT2D eigenvalue weighted by molar-refractivity contribution is -0.134. The second-order valence-corrected chi connectivity index (χ2v) is 6.82. The Bertz CT molecular complexity index is 1040. The average Bonchev–Trinajstić information content (AvgIpc) is 2.95. The van der Waals surface area contributed by atoms with Gasteiger partial charge in [0.15, 0.2) is 0 Å². The molecule has 2 heterocycles. The smallest absolute Gasteiger partial charge is 0.333 e. The lowest BCUT2D eigenvalue weighted by atomic mass is 10.1. The zero-order chi connectivity index (χ0) is 21.5. The molecule has 29 heavy (non-hydrogen) atoms. The Hall–Kier alpha value is -3.68. The second kappa shape index (κ2) is 7.38. The number of hydrogen-bond acceptors (Lipinski definition) is 5. The molecule has 0 bridgehead atoms. The third-order valence-electron chi connectivity index (χ3n) is 4.77. The van der Waals surface area contributed by atoms with E-state index >= 15 is 0 Å². The number of carbonyl (C=O) groups is 4. The number of urea groups is 1. The maximum absolute atomic E-state index is 12.4. The van der Waals surface area contributed by atoms with E-state index in [-0.39, 0.29) is 5.57 Å². The van der Waals surface area contributed by atoms with Crippen LogP contribution in [0.1, 0.15) is 23.9 Å². The van der Waals surface area contributed by atoms with Crippen molar-refractivity contribution in [2.24, 2.45) is 0 Å². The van der Waals surface area contributed by atoms with Crippen molar-refractivity contribution in [1.82, 2.24) is 14.4 Å². The predicted molar refractivity (Wildman–Crippen MR) is 105 cm³/mol. The second-order valence-electron chi connectivity index (χ2n) is 6.82. The number of aryl methyl sites for hydroxylation is 1. The Balaban J connectivity index is 2.01. The molecule has 0 radical (unpaired) electrons. The van der Waals surface area contributed by atoms with Gasteiger partial charge in [-0.25, -0.2) is 4.79 Å². The molecule has 0 spiro atoms. The minimum atomic E-state index is -0.657. The standard InChI is InChI=1S/C21H21N3O5/c1-12-10-15(11-18-19(26)22(4)21(28)23(5)20(18)27)13(2)24(12)16-6-8-17(9-7-16)29-14(3)25/h6-11H,1-5H3. The number of amides is 4. The zero-order valence-corrected chi connectivity index (χ0v) is 16.8. The molecular formula is C21H21N3O5. The van der Waals surface area contributed by atoms with Gasteiger partial charge >= 0.3 is 12.0 Å². The van der Waals surface area contributed by atoms with Gasteiger partial charge in [0.1, 0.15) is 11.3 Å². The normalized spacial score (nSPS) is 14.5. The first-order chi connectivity index (χ1) is 13.6. The maximum atomic E-state index is 12.4. The monoisotopic (exact) mass is 395 g/mol. The molecule has 8 heteroatoms. The van der Waals surface area contributed by atoms with Gasteiger partial charge in [-0.2, -0.15) is 0 Å². The van der Waals surface area contributed by atoms with Crippen LogP contribution in [0.4, 0.5) is 4.79 Å². The number of nitrogens with zero attached hydrogens (tertiary/aromatic N) is 3. The number of likely N-dealkylation sites (N-methyl/N-ethyl adjacent to an activating group) is 2. The van der Waals surface area contributed by atoms with Crippen LogP contribution in [0.15, 0.2) is 35.9 Å². The minimum Gasteiger partial charge on any atom is -0.427 e. The van der Waals surface area contributed by atoms with E-state index in [1.54, 1.807) is 12.1 Å². The number of esters is 1. The molecule has 0 saturated carbocycles. The third kappa shape index (κ3) is 3.56. The van der Waals surface area contributed by atoms with Gasteiger partial charge in [-0.3, -0.25) is 24.2 Å². The van der Waals surface area contributed by atoms with Gasteiger partial charge in [0, 0.05) is 38.1 Å². The minimum absolute atomic E-state index is 0.0694. The predicted octanol–water partition coefficient (Wildman–Crippen LogP) is 2.45. The Morgan fingerprint density at radius 1 is 0.966 bits per heavy atom. The van der Waals surface area contributed by atoms with Crippen LogP contribution in [0, 0.1) is 13.8 Å². The number of rotatable bonds is 3. The molecule has 3 rings (SSSR count). The Morgan fingerprint density at radius 2 is 1.52 bits per heavy atom. The Morgan fingerprint density at radius 3 is 2.03 bits per heavy atom. The molecule has 1 aliphatic heterocycles. The highest BCUT2D eigenvalue weighted by molar-refractivity contribution is 6.30. The summed E-state index contributed by atoms with van der Waals surface area (Å²) in [5.41, 5.74) is 3.17. The van der Waals surface area contributed by atoms with Gasteiger partial charge < -0.3 is 9.30 Å². The average molecular weight is 395 g/mol. The van der Waals surface area contributed by atoms with Gasteiger partial charge in [-0.05, 0) is 55.8 Å². The van der Waals surface area contributed by atoms with E-state index in [0.717, 1.165) is 26.9 Å². The molecule has 1 aromatic carbocycles. The molecule has 8 nitrogen and oxygen atoms in total. The molecule has 1 saturated heterocycles. The summed E-state index contributed by atoms with van der Waals surface area (Å²) in [5.74, 6) is -1.21. The van der Waals surface area contributed by atoms with Gasteiger partial charge in [-0.1, -0.05) is 0 Å². The van der Waals surface area contributed by atoms with Gasteiger partial charge in [0.05, 0.1) is 0 Å². The van der Waals surface area contributed by atoms with Crippen LogP contribution in [-0.4, -0.2) is 52.3 Å². The topological polar surface area (TPSA) is 88.9 Å². The van der Waals surface area contributed by atoms with E-state index < -0.39 is 23.8 Å². The van der Waals surface area contributed by atoms with Crippen molar-refractivity contribution in [2.75, 3.05) is 14.1 Å². The summed E-state index contributed by atoms with van der Waals surface area (Å²) in [6, 6.07) is 8.21. The van der Waals surface area contributed by atoms with Crippen LogP contribution in [-0.2, 0) is 14.4 Å². The molecule has 0 unspecified atom stereocenters. The van der Waals surface area contributed by atoms with Crippen LogP contribution < -0.4 is 4.74 Å². The van der Waals surface area contributed by atoms with Crippen molar-refractivity contribution in [3.8, 4) is 11.4 Å². The molecule has 4 amide bonds. The number of imide groups is 2. The molecule has 0 N–H and O–H groups in total. The van der Waals surface area contributed by atoms with Gasteiger partial charge in [-0.15, -0.1) is 0 Å². The quantitative estimate of drug-likeness (QED) is 0.345. The maximum Gasteiger partial charge on any atom is 0.333 e. The van der Waals surface area contributed by atoms with Gasteiger partial charge in [0.2, 0.25) is 0 Å². The number of hydrogen-bond donors (Lipinski definition) is 0. The van der Waals surface area contributed by atoms with Crippen molar-refractivity contribution in [3.05, 3.63) is 52.9 Å². The molecule has 1 aliphatic rings. The van der Waals surface area contributed by atoms with E-state index in [2.05, 4.69) is 0 Å². The molecular weight excluding hydrogens is 374 g/mol. The highest BCUT2D eigenvalue weighted by Gasteiger charge is 2.38. The first-order valence-corrected chi connectivity index (χ1v) is 8.91. The Labute approximate surface area is 168 Å². The fourth-order valence-electron chi connectivity index (χ4n) is 3.29. The van der Waals surface area contributed by atoms with E-state index in [1.807, 2.05) is 36.6 Å². The van der Waals surface area contributed by atoms with Crippen molar-refractivity contribution in [2.45, 2.75) is 20.8 Å². The van der Waals surface area contributed by atoms with Crippen LogP contribution in [0.5, 0.6) is 5.75 Å². The van der Waals surface area contributed by atoms with Crippen molar-refractivity contribution in [1.29, 1.82) is 0 Å². The highest BCUT2D eigenvalue weighted by Crippen LogP contribution is 2.26. The zero-order valence-electron chi connectivity index (χ0n) is 16.8. The number of carbonyl (C=O) groups excluding carboxylic acids is 4. The first-order valence-electron chi connectivity index (χ1n) is 8.91. The summed E-state index contributed by atoms with van der Waals surface area (Å²) in [4.78, 5) is 49.7. The van der Waals surface area contributed by atoms with Crippen molar-refractivity contribution in [3.63, 3.8) is 0 Å². The Kier molecular flexibility index (Phi) is 5.11. The van der Waals surface area contributed by atoms with Crippen molar-refractivity contribution < 1.29 is 23.9 Å². The van der Waals surface area contributed by atoms with Crippen molar-refractivity contribution >= 4 is 29.9 Å². The molecule has 2 aromatic rings. The van der Waals surface area contributed by atoms with Crippen LogP contribution in [0.3, 0.4) is 0 Å². The van der Waals surface area contributed by atoms with E-state index in [9.17, 15) is 19.2 Å². The number of benzene rings is 1. The summed E-state index contributed by atoms with van der Waals surface area (Å²) >= 11 is 0. The molecule has 0 aliphatic carbocycles.